The normalized spacial score (nSPS) is 21.8. The van der Waals surface area contributed by atoms with Gasteiger partial charge in [-0.1, -0.05) is 6.08 Å². The summed E-state index contributed by atoms with van der Waals surface area (Å²) < 4.78 is 0. The first kappa shape index (κ1) is 13.2. The van der Waals surface area contributed by atoms with Gasteiger partial charge in [0.05, 0.1) is 0 Å². The van der Waals surface area contributed by atoms with E-state index in [1.807, 2.05) is 0 Å². The van der Waals surface area contributed by atoms with Crippen LogP contribution in [-0.2, 0) is 4.79 Å². The van der Waals surface area contributed by atoms with E-state index >= 15 is 0 Å². The average Bonchev–Trinajstić information content (AvgIpc) is 2.23. The summed E-state index contributed by atoms with van der Waals surface area (Å²) >= 11 is 0. The van der Waals surface area contributed by atoms with Gasteiger partial charge in [-0.3, -0.25) is 0 Å². The molecule has 0 aromatic heterocycles. The minimum absolute atomic E-state index is 0.0148. The van der Waals surface area contributed by atoms with Crippen molar-refractivity contribution in [2.24, 2.45) is 0 Å². The molecule has 0 aliphatic heterocycles. The third-order valence-corrected chi connectivity index (χ3v) is 1.78. The smallest absolute Gasteiger partial charge is 0.151 e. The molecule has 0 aromatic carbocycles. The zero-order chi connectivity index (χ0) is 11.3. The van der Waals surface area contributed by atoms with Crippen LogP contribution in [0.25, 0.3) is 0 Å². The van der Waals surface area contributed by atoms with Gasteiger partial charge >= 0.3 is 0 Å². The molecule has 0 aromatic rings. The topological polar surface area (TPSA) is 118 Å². The van der Waals surface area contributed by atoms with Crippen molar-refractivity contribution >= 4 is 6.29 Å². The van der Waals surface area contributed by atoms with Gasteiger partial charge in [0, 0.05) is 0 Å². The molecule has 0 fully saturated rings. The Morgan fingerprint density at radius 2 is 1.29 bits per heavy atom. The number of carbonyl (C=O) groups is 1. The van der Waals surface area contributed by atoms with Gasteiger partial charge in [-0.05, 0) is 0 Å². The van der Waals surface area contributed by atoms with Crippen LogP contribution in [0.1, 0.15) is 0 Å². The van der Waals surface area contributed by atoms with Gasteiger partial charge < -0.3 is 30.3 Å². The standard InChI is InChI=1S/C8H14O6/c1-2-4(10)6(12)8(14)7(13)5(11)3-9/h2-8,10-14H,1H2/t4?,5-,6+,7+,8-/m0/s1. The minimum Gasteiger partial charge on any atom is -0.387 e. The summed E-state index contributed by atoms with van der Waals surface area (Å²) in [6.07, 6.45) is -7.68. The lowest BCUT2D eigenvalue weighted by Crippen LogP contribution is -2.48. The van der Waals surface area contributed by atoms with Gasteiger partial charge in [0.2, 0.25) is 0 Å². The summed E-state index contributed by atoms with van der Waals surface area (Å²) in [6.45, 7) is 3.15. The minimum atomic E-state index is -1.85. The Balaban J connectivity index is 4.36. The van der Waals surface area contributed by atoms with Crippen molar-refractivity contribution in [3.63, 3.8) is 0 Å². The third kappa shape index (κ3) is 3.17. The van der Waals surface area contributed by atoms with Crippen LogP contribution in [0.3, 0.4) is 0 Å². The van der Waals surface area contributed by atoms with Gasteiger partial charge in [0.25, 0.3) is 0 Å². The molecule has 0 aliphatic carbocycles. The van der Waals surface area contributed by atoms with E-state index in [4.69, 9.17) is 25.5 Å². The zero-order valence-corrected chi connectivity index (χ0v) is 7.39. The summed E-state index contributed by atoms with van der Waals surface area (Å²) in [7, 11) is 0. The second-order valence-corrected chi connectivity index (χ2v) is 2.82. The van der Waals surface area contributed by atoms with E-state index in [2.05, 4.69) is 6.58 Å². The van der Waals surface area contributed by atoms with Crippen molar-refractivity contribution in [2.45, 2.75) is 30.5 Å². The molecule has 0 amide bonds. The molecule has 5 N–H and O–H groups in total. The quantitative estimate of drug-likeness (QED) is 0.236. The van der Waals surface area contributed by atoms with Gasteiger partial charge in [-0.2, -0.15) is 0 Å². The highest BCUT2D eigenvalue weighted by molar-refractivity contribution is 5.56. The number of hydrogen-bond donors (Lipinski definition) is 5. The summed E-state index contributed by atoms with van der Waals surface area (Å²) in [4.78, 5) is 10.0. The molecule has 5 atom stereocenters. The van der Waals surface area contributed by atoms with Gasteiger partial charge in [0.1, 0.15) is 30.5 Å². The molecule has 0 spiro atoms. The van der Waals surface area contributed by atoms with Gasteiger partial charge in [0.15, 0.2) is 6.29 Å². The van der Waals surface area contributed by atoms with Crippen LogP contribution in [0.5, 0.6) is 0 Å². The Hall–Kier alpha value is -0.790. The van der Waals surface area contributed by atoms with Gasteiger partial charge in [-0.15, -0.1) is 6.58 Å². The lowest BCUT2D eigenvalue weighted by Gasteiger charge is -2.25. The summed E-state index contributed by atoms with van der Waals surface area (Å²) in [6, 6.07) is 0. The van der Waals surface area contributed by atoms with Crippen LogP contribution in [0.4, 0.5) is 0 Å². The molecule has 1 unspecified atom stereocenters. The highest BCUT2D eigenvalue weighted by Gasteiger charge is 2.32. The van der Waals surface area contributed by atoms with Crippen LogP contribution < -0.4 is 0 Å². The largest absolute Gasteiger partial charge is 0.387 e. The van der Waals surface area contributed by atoms with Crippen molar-refractivity contribution < 1.29 is 30.3 Å². The molecule has 0 aliphatic rings. The van der Waals surface area contributed by atoms with Gasteiger partial charge in [-0.25, -0.2) is 0 Å². The molecule has 0 saturated carbocycles. The number of aliphatic hydroxyl groups is 5. The lowest BCUT2D eigenvalue weighted by atomic mass is 10.00. The van der Waals surface area contributed by atoms with Crippen LogP contribution in [0, 0.1) is 0 Å². The van der Waals surface area contributed by atoms with Crippen molar-refractivity contribution in [1.82, 2.24) is 0 Å². The molecule has 6 nitrogen and oxygen atoms in total. The molecule has 82 valence electrons. The Kier molecular flexibility index (Phi) is 5.51. The third-order valence-electron chi connectivity index (χ3n) is 1.78. The number of rotatable bonds is 6. The Labute approximate surface area is 80.7 Å². The highest BCUT2D eigenvalue weighted by atomic mass is 16.4. The molecule has 0 bridgehead atoms. The zero-order valence-electron chi connectivity index (χ0n) is 7.39. The second kappa shape index (κ2) is 5.84. The predicted octanol–water partition coefficient (Wildman–Crippen LogP) is -2.82. The lowest BCUT2D eigenvalue weighted by molar-refractivity contribution is -0.140. The maximum absolute atomic E-state index is 10.0. The second-order valence-electron chi connectivity index (χ2n) is 2.82. The molecule has 0 rings (SSSR count). The van der Waals surface area contributed by atoms with Crippen molar-refractivity contribution in [3.8, 4) is 0 Å². The maximum atomic E-state index is 10.0. The van der Waals surface area contributed by atoms with Crippen LogP contribution in [-0.4, -0.2) is 62.3 Å². The summed E-state index contributed by atoms with van der Waals surface area (Å²) in [5.74, 6) is 0. The fourth-order valence-corrected chi connectivity index (χ4v) is 0.826. The SMILES string of the molecule is C=CC(O)[C@@H](O)[C@H](O)[C@H](O)[C@@H](O)C=O. The Morgan fingerprint density at radius 1 is 0.857 bits per heavy atom. The van der Waals surface area contributed by atoms with E-state index < -0.39 is 30.5 Å². The van der Waals surface area contributed by atoms with Crippen molar-refractivity contribution in [1.29, 1.82) is 0 Å². The molecule has 14 heavy (non-hydrogen) atoms. The molecular formula is C8H14O6. The first-order chi connectivity index (χ1) is 6.45. The number of carbonyl (C=O) groups excluding carboxylic acids is 1. The molecule has 0 radical (unpaired) electrons. The predicted molar refractivity (Wildman–Crippen MR) is 46.3 cm³/mol. The van der Waals surface area contributed by atoms with E-state index in [0.29, 0.717) is 0 Å². The molecular weight excluding hydrogens is 192 g/mol. The fraction of sp³-hybridized carbons (Fsp3) is 0.625. The van der Waals surface area contributed by atoms with Crippen molar-refractivity contribution in [2.75, 3.05) is 0 Å². The first-order valence-corrected chi connectivity index (χ1v) is 3.93. The molecule has 6 heteroatoms. The first-order valence-electron chi connectivity index (χ1n) is 3.93. The Bertz CT molecular complexity index is 174. The average molecular weight is 206 g/mol. The highest BCUT2D eigenvalue weighted by Crippen LogP contribution is 2.08. The van der Waals surface area contributed by atoms with Crippen LogP contribution in [0.2, 0.25) is 0 Å². The summed E-state index contributed by atoms with van der Waals surface area (Å²) in [5, 5.41) is 45.2. The van der Waals surface area contributed by atoms with E-state index in [1.54, 1.807) is 0 Å². The fourth-order valence-electron chi connectivity index (χ4n) is 0.826. The molecule has 0 heterocycles. The van der Waals surface area contributed by atoms with Crippen molar-refractivity contribution in [3.05, 3.63) is 12.7 Å². The number of aldehydes is 1. The number of hydrogen-bond acceptors (Lipinski definition) is 6. The summed E-state index contributed by atoms with van der Waals surface area (Å²) in [5.41, 5.74) is 0. The van der Waals surface area contributed by atoms with Crippen LogP contribution >= 0.6 is 0 Å². The van der Waals surface area contributed by atoms with E-state index in [1.165, 1.54) is 0 Å². The van der Waals surface area contributed by atoms with E-state index in [9.17, 15) is 4.79 Å². The van der Waals surface area contributed by atoms with E-state index in [0.717, 1.165) is 6.08 Å². The number of aliphatic hydroxyl groups excluding tert-OH is 5. The monoisotopic (exact) mass is 206 g/mol. The van der Waals surface area contributed by atoms with E-state index in [-0.39, 0.29) is 6.29 Å². The molecule has 0 saturated heterocycles. The van der Waals surface area contributed by atoms with Crippen LogP contribution in [0.15, 0.2) is 12.7 Å². The maximum Gasteiger partial charge on any atom is 0.151 e. The Morgan fingerprint density at radius 3 is 1.64 bits per heavy atom.